The summed E-state index contributed by atoms with van der Waals surface area (Å²) in [5.74, 6) is 0.414. The van der Waals surface area contributed by atoms with E-state index in [9.17, 15) is 13.2 Å². The maximum Gasteiger partial charge on any atom is 0.257 e. The predicted molar refractivity (Wildman–Crippen MR) is 109 cm³/mol. The van der Waals surface area contributed by atoms with Crippen LogP contribution >= 0.6 is 0 Å². The lowest BCUT2D eigenvalue weighted by atomic mass is 10.1. The lowest BCUT2D eigenvalue weighted by Crippen LogP contribution is -2.50. The van der Waals surface area contributed by atoms with E-state index in [1.54, 1.807) is 29.2 Å². The van der Waals surface area contributed by atoms with Gasteiger partial charge in [-0.05, 0) is 30.7 Å². The molecule has 0 saturated carbocycles. The fourth-order valence-electron chi connectivity index (χ4n) is 3.06. The number of sulfonamides is 1. The van der Waals surface area contributed by atoms with Gasteiger partial charge in [-0.2, -0.15) is 4.31 Å². The topological polar surface area (TPSA) is 66.9 Å². The second-order valence-corrected chi connectivity index (χ2v) is 8.20. The van der Waals surface area contributed by atoms with Crippen LogP contribution in [-0.2, 0) is 10.0 Å². The molecule has 1 aliphatic heterocycles. The summed E-state index contributed by atoms with van der Waals surface area (Å²) in [5, 5.41) is 1.23. The number of hydrogen-bond donors (Lipinski definition) is 0. The monoisotopic (exact) mass is 400 g/mol. The highest BCUT2D eigenvalue weighted by molar-refractivity contribution is 7.92. The molecule has 6 nitrogen and oxygen atoms in total. The first-order valence-electron chi connectivity index (χ1n) is 9.25. The smallest absolute Gasteiger partial charge is 0.257 e. The summed E-state index contributed by atoms with van der Waals surface area (Å²) >= 11 is 0. The summed E-state index contributed by atoms with van der Waals surface area (Å²) in [7, 11) is -3.52. The van der Waals surface area contributed by atoms with Crippen LogP contribution in [0.2, 0.25) is 0 Å². The highest BCUT2D eigenvalue weighted by Gasteiger charge is 2.28. The number of para-hydroxylation sites is 1. The van der Waals surface area contributed by atoms with Crippen molar-refractivity contribution in [2.24, 2.45) is 0 Å². The summed E-state index contributed by atoms with van der Waals surface area (Å²) < 4.78 is 32.1. The van der Waals surface area contributed by atoms with Gasteiger partial charge < -0.3 is 9.64 Å². The van der Waals surface area contributed by atoms with Gasteiger partial charge in [0.2, 0.25) is 10.0 Å². The van der Waals surface area contributed by atoms with Gasteiger partial charge in [0, 0.05) is 31.6 Å². The van der Waals surface area contributed by atoms with E-state index in [2.05, 4.69) is 0 Å². The van der Waals surface area contributed by atoms with Crippen LogP contribution in [0.1, 0.15) is 22.8 Å². The molecule has 0 bridgehead atoms. The van der Waals surface area contributed by atoms with Crippen LogP contribution in [-0.4, -0.2) is 56.3 Å². The molecule has 0 radical (unpaired) electrons. The Labute approximate surface area is 166 Å². The quantitative estimate of drug-likeness (QED) is 0.748. The van der Waals surface area contributed by atoms with Gasteiger partial charge in [0.1, 0.15) is 5.75 Å². The zero-order valence-corrected chi connectivity index (χ0v) is 16.6. The highest BCUT2D eigenvalue weighted by Crippen LogP contribution is 2.21. The molecule has 28 heavy (non-hydrogen) atoms. The van der Waals surface area contributed by atoms with E-state index in [1.165, 1.54) is 9.71 Å². The third-order valence-corrected chi connectivity index (χ3v) is 6.10. The summed E-state index contributed by atoms with van der Waals surface area (Å²) in [4.78, 5) is 14.5. The molecule has 0 unspecified atom stereocenters. The molecule has 1 amide bonds. The number of piperazine rings is 1. The second kappa shape index (κ2) is 9.03. The standard InChI is InChI=1S/C21H24N2O4S/c1-2-27-20-11-7-6-10-19(20)21(24)22-13-15-23(16-14-22)28(25,26)17-12-18-8-4-3-5-9-18/h3-12,17H,2,13-16H2,1H3/b17-12+. The minimum atomic E-state index is -3.52. The van der Waals surface area contributed by atoms with Crippen molar-refractivity contribution in [3.05, 3.63) is 71.1 Å². The van der Waals surface area contributed by atoms with Gasteiger partial charge in [0.05, 0.1) is 12.2 Å². The fraction of sp³-hybridized carbons (Fsp3) is 0.286. The van der Waals surface area contributed by atoms with Crippen LogP contribution in [0.3, 0.4) is 0 Å². The van der Waals surface area contributed by atoms with Crippen molar-refractivity contribution >= 4 is 22.0 Å². The normalized spacial score (nSPS) is 15.7. The third kappa shape index (κ3) is 4.79. The summed E-state index contributed by atoms with van der Waals surface area (Å²) in [6.07, 6.45) is 1.59. The zero-order chi connectivity index (χ0) is 20.0. The molecule has 1 heterocycles. The Morgan fingerprint density at radius 2 is 1.64 bits per heavy atom. The minimum Gasteiger partial charge on any atom is -0.493 e. The van der Waals surface area contributed by atoms with Gasteiger partial charge in [0.15, 0.2) is 0 Å². The van der Waals surface area contributed by atoms with Crippen molar-refractivity contribution in [3.8, 4) is 5.75 Å². The number of ether oxygens (including phenoxy) is 1. The van der Waals surface area contributed by atoms with Crippen molar-refractivity contribution in [2.45, 2.75) is 6.92 Å². The average Bonchev–Trinajstić information content (AvgIpc) is 2.73. The molecule has 3 rings (SSSR count). The third-order valence-electron chi connectivity index (χ3n) is 4.54. The Bertz CT molecular complexity index is 934. The van der Waals surface area contributed by atoms with E-state index in [-0.39, 0.29) is 19.0 Å². The molecule has 0 atom stereocenters. The van der Waals surface area contributed by atoms with Gasteiger partial charge in [-0.25, -0.2) is 8.42 Å². The Hall–Kier alpha value is -2.64. The maximum atomic E-state index is 12.8. The van der Waals surface area contributed by atoms with E-state index in [4.69, 9.17) is 4.74 Å². The Morgan fingerprint density at radius 1 is 1.00 bits per heavy atom. The van der Waals surface area contributed by atoms with Crippen LogP contribution in [0.5, 0.6) is 5.75 Å². The van der Waals surface area contributed by atoms with Gasteiger partial charge in [-0.1, -0.05) is 42.5 Å². The van der Waals surface area contributed by atoms with Crippen molar-refractivity contribution in [3.63, 3.8) is 0 Å². The molecule has 0 spiro atoms. The Kier molecular flexibility index (Phi) is 6.49. The fourth-order valence-corrected chi connectivity index (χ4v) is 4.23. The van der Waals surface area contributed by atoms with Gasteiger partial charge in [-0.3, -0.25) is 4.79 Å². The van der Waals surface area contributed by atoms with Crippen LogP contribution in [0.25, 0.3) is 6.08 Å². The SMILES string of the molecule is CCOc1ccccc1C(=O)N1CCN(S(=O)(=O)/C=C/c2ccccc2)CC1. The van der Waals surface area contributed by atoms with Crippen molar-refractivity contribution in [1.29, 1.82) is 0 Å². The molecule has 1 saturated heterocycles. The number of carbonyl (C=O) groups excluding carboxylic acids is 1. The zero-order valence-electron chi connectivity index (χ0n) is 15.8. The van der Waals surface area contributed by atoms with E-state index >= 15 is 0 Å². The summed E-state index contributed by atoms with van der Waals surface area (Å²) in [5.41, 5.74) is 1.33. The van der Waals surface area contributed by atoms with E-state index < -0.39 is 10.0 Å². The largest absolute Gasteiger partial charge is 0.493 e. The second-order valence-electron chi connectivity index (χ2n) is 6.38. The Morgan fingerprint density at radius 3 is 2.32 bits per heavy atom. The number of amides is 1. The first kappa shape index (κ1) is 20.1. The molecule has 2 aromatic carbocycles. The van der Waals surface area contributed by atoms with E-state index in [1.807, 2.05) is 43.3 Å². The molecule has 0 N–H and O–H groups in total. The minimum absolute atomic E-state index is 0.138. The van der Waals surface area contributed by atoms with Crippen molar-refractivity contribution in [2.75, 3.05) is 32.8 Å². The molecular weight excluding hydrogens is 376 g/mol. The average molecular weight is 401 g/mol. The van der Waals surface area contributed by atoms with Crippen molar-refractivity contribution < 1.29 is 17.9 Å². The van der Waals surface area contributed by atoms with Crippen LogP contribution in [0.15, 0.2) is 60.0 Å². The molecule has 7 heteroatoms. The van der Waals surface area contributed by atoms with Gasteiger partial charge in [0.25, 0.3) is 5.91 Å². The van der Waals surface area contributed by atoms with Crippen molar-refractivity contribution in [1.82, 2.24) is 9.21 Å². The lowest BCUT2D eigenvalue weighted by molar-refractivity contribution is 0.0694. The molecule has 2 aromatic rings. The number of carbonyl (C=O) groups is 1. The number of rotatable bonds is 6. The van der Waals surface area contributed by atoms with Gasteiger partial charge in [-0.15, -0.1) is 0 Å². The maximum absolute atomic E-state index is 12.8. The van der Waals surface area contributed by atoms with Crippen LogP contribution < -0.4 is 4.74 Å². The Balaban J connectivity index is 1.64. The van der Waals surface area contributed by atoms with E-state index in [0.717, 1.165) is 5.56 Å². The molecule has 0 aromatic heterocycles. The molecule has 1 fully saturated rings. The lowest BCUT2D eigenvalue weighted by Gasteiger charge is -2.33. The number of benzene rings is 2. The molecule has 1 aliphatic rings. The van der Waals surface area contributed by atoms with Crippen LogP contribution in [0.4, 0.5) is 0 Å². The molecule has 148 valence electrons. The molecular formula is C21H24N2O4S. The highest BCUT2D eigenvalue weighted by atomic mass is 32.2. The van der Waals surface area contributed by atoms with Crippen LogP contribution in [0, 0.1) is 0 Å². The van der Waals surface area contributed by atoms with E-state index in [0.29, 0.717) is 31.0 Å². The van der Waals surface area contributed by atoms with Gasteiger partial charge >= 0.3 is 0 Å². The summed E-state index contributed by atoms with van der Waals surface area (Å²) in [6.45, 7) is 3.57. The number of nitrogens with zero attached hydrogens (tertiary/aromatic N) is 2. The molecule has 0 aliphatic carbocycles. The summed E-state index contributed by atoms with van der Waals surface area (Å²) in [6, 6.07) is 16.4. The predicted octanol–water partition coefficient (Wildman–Crippen LogP) is 2.84. The first-order chi connectivity index (χ1) is 13.5. The first-order valence-corrected chi connectivity index (χ1v) is 10.8. The number of hydrogen-bond acceptors (Lipinski definition) is 4.